The normalized spacial score (nSPS) is 8.73. The second kappa shape index (κ2) is 3.83. The molecule has 0 aliphatic heterocycles. The lowest BCUT2D eigenvalue weighted by atomic mass is 9.75. The van der Waals surface area contributed by atoms with Crippen molar-refractivity contribution in [3.63, 3.8) is 0 Å². The zero-order valence-corrected chi connectivity index (χ0v) is 6.54. The predicted octanol–water partition coefficient (Wildman–Crippen LogP) is 1.81. The van der Waals surface area contributed by atoms with E-state index in [0.717, 1.165) is 11.9 Å². The van der Waals surface area contributed by atoms with E-state index in [1.165, 1.54) is 5.56 Å². The Bertz CT molecular complexity index is 275. The minimum Gasteiger partial charge on any atom is -0.192 e. The average Bonchev–Trinajstić information content (AvgIpc) is 2.06. The lowest BCUT2D eigenvalue weighted by Gasteiger charge is -1.96. The molecule has 0 heterocycles. The van der Waals surface area contributed by atoms with Crippen LogP contribution >= 0.6 is 0 Å². The molecule has 1 aromatic rings. The Balaban J connectivity index is 2.85. The molecule has 1 nitrogen and oxygen atoms in total. The van der Waals surface area contributed by atoms with Gasteiger partial charge in [0.15, 0.2) is 0 Å². The van der Waals surface area contributed by atoms with Crippen LogP contribution in [-0.2, 0) is 6.32 Å². The van der Waals surface area contributed by atoms with E-state index in [2.05, 4.69) is 13.3 Å². The summed E-state index contributed by atoms with van der Waals surface area (Å²) in [5, 5.41) is 8.57. The SMILES string of the molecule is C[B]Cc1cccc(C#N)c1. The van der Waals surface area contributed by atoms with E-state index < -0.39 is 0 Å². The first-order valence-electron chi connectivity index (χ1n) is 3.63. The van der Waals surface area contributed by atoms with Gasteiger partial charge in [0.1, 0.15) is 7.28 Å². The van der Waals surface area contributed by atoms with Crippen LogP contribution in [0.4, 0.5) is 0 Å². The maximum absolute atomic E-state index is 8.57. The van der Waals surface area contributed by atoms with E-state index in [4.69, 9.17) is 5.26 Å². The van der Waals surface area contributed by atoms with Gasteiger partial charge in [0.25, 0.3) is 0 Å². The highest BCUT2D eigenvalue weighted by molar-refractivity contribution is 6.32. The Kier molecular flexibility index (Phi) is 2.74. The monoisotopic (exact) mass is 142 g/mol. The number of benzene rings is 1. The summed E-state index contributed by atoms with van der Waals surface area (Å²) in [5.41, 5.74) is 1.94. The molecule has 0 saturated heterocycles. The first-order chi connectivity index (χ1) is 5.36. The van der Waals surface area contributed by atoms with Crippen LogP contribution in [0.25, 0.3) is 0 Å². The van der Waals surface area contributed by atoms with Crippen molar-refractivity contribution < 1.29 is 0 Å². The highest BCUT2D eigenvalue weighted by Gasteiger charge is 1.92. The second-order valence-corrected chi connectivity index (χ2v) is 2.42. The molecule has 11 heavy (non-hydrogen) atoms. The summed E-state index contributed by atoms with van der Waals surface area (Å²) in [5.74, 6) is 0. The molecule has 0 amide bonds. The molecule has 0 aliphatic rings. The van der Waals surface area contributed by atoms with Gasteiger partial charge in [0.2, 0.25) is 0 Å². The van der Waals surface area contributed by atoms with Crippen LogP contribution < -0.4 is 0 Å². The summed E-state index contributed by atoms with van der Waals surface area (Å²) in [6, 6.07) is 9.79. The van der Waals surface area contributed by atoms with Crippen molar-refractivity contribution >= 4 is 7.28 Å². The third-order valence-electron chi connectivity index (χ3n) is 1.50. The molecule has 0 atom stereocenters. The topological polar surface area (TPSA) is 23.8 Å². The largest absolute Gasteiger partial charge is 0.192 e. The Labute approximate surface area is 67.9 Å². The Morgan fingerprint density at radius 1 is 1.55 bits per heavy atom. The quantitative estimate of drug-likeness (QED) is 0.577. The molecule has 1 radical (unpaired) electrons. The summed E-state index contributed by atoms with van der Waals surface area (Å²) in [7, 11) is 2.08. The summed E-state index contributed by atoms with van der Waals surface area (Å²) < 4.78 is 0. The molecule has 2 heteroatoms. The summed E-state index contributed by atoms with van der Waals surface area (Å²) >= 11 is 0. The van der Waals surface area contributed by atoms with Gasteiger partial charge in [-0.3, -0.25) is 0 Å². The molecule has 0 aromatic heterocycles. The number of hydrogen-bond donors (Lipinski definition) is 0. The van der Waals surface area contributed by atoms with Gasteiger partial charge in [-0.2, -0.15) is 5.26 Å². The average molecular weight is 142 g/mol. The van der Waals surface area contributed by atoms with Gasteiger partial charge in [0, 0.05) is 0 Å². The fraction of sp³-hybridized carbons (Fsp3) is 0.222. The van der Waals surface area contributed by atoms with Gasteiger partial charge in [-0.15, -0.1) is 0 Å². The predicted molar refractivity (Wildman–Crippen MR) is 46.5 cm³/mol. The Hall–Kier alpha value is -1.23. The fourth-order valence-electron chi connectivity index (χ4n) is 1.00. The summed E-state index contributed by atoms with van der Waals surface area (Å²) in [4.78, 5) is 0. The molecule has 0 fully saturated rings. The van der Waals surface area contributed by atoms with Crippen LogP contribution in [0.1, 0.15) is 11.1 Å². The lowest BCUT2D eigenvalue weighted by molar-refractivity contribution is 1.36. The molecule has 0 unspecified atom stereocenters. The molecule has 0 N–H and O–H groups in total. The van der Waals surface area contributed by atoms with E-state index >= 15 is 0 Å². The smallest absolute Gasteiger partial charge is 0.111 e. The maximum atomic E-state index is 8.57. The van der Waals surface area contributed by atoms with E-state index in [-0.39, 0.29) is 0 Å². The van der Waals surface area contributed by atoms with E-state index in [1.54, 1.807) is 0 Å². The minimum atomic E-state index is 0.740. The third kappa shape index (κ3) is 2.12. The van der Waals surface area contributed by atoms with Gasteiger partial charge in [0.05, 0.1) is 11.6 Å². The van der Waals surface area contributed by atoms with Crippen molar-refractivity contribution in [3.8, 4) is 6.07 Å². The van der Waals surface area contributed by atoms with Crippen molar-refractivity contribution in [2.24, 2.45) is 0 Å². The van der Waals surface area contributed by atoms with Crippen LogP contribution in [0.5, 0.6) is 0 Å². The van der Waals surface area contributed by atoms with Crippen molar-refractivity contribution in [2.75, 3.05) is 0 Å². The van der Waals surface area contributed by atoms with Crippen molar-refractivity contribution in [1.82, 2.24) is 0 Å². The van der Waals surface area contributed by atoms with E-state index in [0.29, 0.717) is 0 Å². The van der Waals surface area contributed by atoms with Crippen LogP contribution in [0.3, 0.4) is 0 Å². The van der Waals surface area contributed by atoms with E-state index in [1.807, 2.05) is 31.1 Å². The molecule has 53 valence electrons. The number of hydrogen-bond acceptors (Lipinski definition) is 1. The molecular formula is C9H9BN. The molecule has 1 aromatic carbocycles. The zero-order valence-electron chi connectivity index (χ0n) is 6.54. The van der Waals surface area contributed by atoms with Crippen LogP contribution in [0.15, 0.2) is 24.3 Å². The number of rotatable bonds is 2. The van der Waals surface area contributed by atoms with Gasteiger partial charge in [-0.1, -0.05) is 30.8 Å². The lowest BCUT2D eigenvalue weighted by Crippen LogP contribution is -1.90. The molecule has 0 saturated carbocycles. The molecule has 0 spiro atoms. The summed E-state index contributed by atoms with van der Waals surface area (Å²) in [6.45, 7) is 2.01. The Morgan fingerprint density at radius 2 is 2.36 bits per heavy atom. The van der Waals surface area contributed by atoms with Gasteiger partial charge >= 0.3 is 0 Å². The van der Waals surface area contributed by atoms with Crippen LogP contribution in [-0.4, -0.2) is 7.28 Å². The van der Waals surface area contributed by atoms with Crippen molar-refractivity contribution in [3.05, 3.63) is 35.4 Å². The fourth-order valence-corrected chi connectivity index (χ4v) is 1.00. The molecule has 0 aliphatic carbocycles. The highest BCUT2D eigenvalue weighted by atomic mass is 14.2. The molecule has 0 bridgehead atoms. The highest BCUT2D eigenvalue weighted by Crippen LogP contribution is 2.03. The second-order valence-electron chi connectivity index (χ2n) is 2.42. The van der Waals surface area contributed by atoms with Crippen LogP contribution in [0, 0.1) is 11.3 Å². The number of nitrogens with zero attached hydrogens (tertiary/aromatic N) is 1. The summed E-state index contributed by atoms with van der Waals surface area (Å²) in [6.07, 6.45) is 0.940. The minimum absolute atomic E-state index is 0.740. The van der Waals surface area contributed by atoms with Crippen LogP contribution in [0.2, 0.25) is 6.82 Å². The zero-order chi connectivity index (χ0) is 8.10. The van der Waals surface area contributed by atoms with E-state index in [9.17, 15) is 0 Å². The van der Waals surface area contributed by atoms with Gasteiger partial charge in [-0.25, -0.2) is 0 Å². The van der Waals surface area contributed by atoms with Crippen molar-refractivity contribution in [2.45, 2.75) is 13.1 Å². The first-order valence-corrected chi connectivity index (χ1v) is 3.63. The Morgan fingerprint density at radius 3 is 3.00 bits per heavy atom. The molecular weight excluding hydrogens is 133 g/mol. The third-order valence-corrected chi connectivity index (χ3v) is 1.50. The standard InChI is InChI=1S/C9H9BN/c1-10-6-8-3-2-4-9(5-8)7-11/h2-5H,6H2,1H3. The molecule has 1 rings (SSSR count). The van der Waals surface area contributed by atoms with Gasteiger partial charge < -0.3 is 0 Å². The number of nitriles is 1. The van der Waals surface area contributed by atoms with Crippen molar-refractivity contribution in [1.29, 1.82) is 5.26 Å². The van der Waals surface area contributed by atoms with Gasteiger partial charge in [-0.05, 0) is 12.1 Å². The maximum Gasteiger partial charge on any atom is 0.111 e. The first kappa shape index (κ1) is 7.88.